The predicted molar refractivity (Wildman–Crippen MR) is 68.3 cm³/mol. The van der Waals surface area contributed by atoms with Crippen LogP contribution in [0.25, 0.3) is 0 Å². The van der Waals surface area contributed by atoms with Crippen LogP contribution in [0.3, 0.4) is 0 Å². The number of halogens is 1. The summed E-state index contributed by atoms with van der Waals surface area (Å²) < 4.78 is 12.4. The minimum Gasteiger partial charge on any atom is -0.375 e. The number of hydrogen-bond donors (Lipinski definition) is 0. The fourth-order valence-electron chi connectivity index (χ4n) is 1.74. The van der Waals surface area contributed by atoms with Gasteiger partial charge in [0.2, 0.25) is 0 Å². The molecule has 0 saturated carbocycles. The third-order valence-corrected chi connectivity index (χ3v) is 3.48. The molecule has 1 heterocycles. The van der Waals surface area contributed by atoms with Gasteiger partial charge in [0.25, 0.3) is 0 Å². The molecule has 0 aromatic heterocycles. The Balaban J connectivity index is 1.83. The Morgan fingerprint density at radius 2 is 2.13 bits per heavy atom. The molecule has 0 N–H and O–H groups in total. The van der Waals surface area contributed by atoms with Gasteiger partial charge in [-0.3, -0.25) is 0 Å². The van der Waals surface area contributed by atoms with E-state index in [9.17, 15) is 0 Å². The molecule has 1 aliphatic heterocycles. The van der Waals surface area contributed by atoms with Crippen LogP contribution in [0, 0.1) is 0 Å². The van der Waals surface area contributed by atoms with Crippen molar-refractivity contribution in [3.8, 4) is 0 Å². The summed E-state index contributed by atoms with van der Waals surface area (Å²) in [6.07, 6.45) is 1.59. The molecular weight excluding hydrogens is 303 g/mol. The van der Waals surface area contributed by atoms with Gasteiger partial charge in [-0.1, -0.05) is 52.9 Å². The van der Waals surface area contributed by atoms with E-state index in [1.807, 2.05) is 18.2 Å². The van der Waals surface area contributed by atoms with E-state index in [1.165, 1.54) is 5.56 Å². The first-order valence-corrected chi connectivity index (χ1v) is 6.76. The fraction of sp³-hybridized carbons (Fsp3) is 0.500. The lowest BCUT2D eigenvalue weighted by Crippen LogP contribution is -2.25. The minimum absolute atomic E-state index is 0.280. The van der Waals surface area contributed by atoms with Crippen LogP contribution in [-0.4, -0.2) is 23.2 Å². The summed E-state index contributed by atoms with van der Waals surface area (Å²) in [6, 6.07) is 10.3. The van der Waals surface area contributed by atoms with E-state index in [2.05, 4.69) is 34.7 Å². The molecule has 2 rings (SSSR count). The van der Waals surface area contributed by atoms with Gasteiger partial charge in [-0.05, 0) is 12.0 Å². The van der Waals surface area contributed by atoms with Crippen molar-refractivity contribution in [1.29, 1.82) is 0 Å². The van der Waals surface area contributed by atoms with Gasteiger partial charge in [0, 0.05) is 11.0 Å². The van der Waals surface area contributed by atoms with Gasteiger partial charge in [0.05, 0.1) is 18.8 Å². The summed E-state index contributed by atoms with van der Waals surface area (Å²) >= 11 is 2.35. The SMILES string of the molecule is IC[C@H]1OCC[C@H]1OCc1ccccc1. The Hall–Kier alpha value is -0.130. The van der Waals surface area contributed by atoms with Gasteiger partial charge < -0.3 is 9.47 Å². The second-order valence-electron chi connectivity index (χ2n) is 3.69. The summed E-state index contributed by atoms with van der Waals surface area (Å²) in [5, 5.41) is 0. The summed E-state index contributed by atoms with van der Waals surface area (Å²) in [5.41, 5.74) is 1.23. The maximum atomic E-state index is 5.86. The molecule has 1 saturated heterocycles. The van der Waals surface area contributed by atoms with E-state index in [0.717, 1.165) is 17.5 Å². The average Bonchev–Trinajstić information content (AvgIpc) is 2.75. The molecule has 2 atom stereocenters. The summed E-state index contributed by atoms with van der Waals surface area (Å²) in [5.74, 6) is 0. The molecule has 1 aliphatic rings. The quantitative estimate of drug-likeness (QED) is 0.628. The third-order valence-electron chi connectivity index (χ3n) is 2.61. The number of benzene rings is 1. The van der Waals surface area contributed by atoms with Crippen LogP contribution in [0.4, 0.5) is 0 Å². The number of hydrogen-bond acceptors (Lipinski definition) is 2. The zero-order valence-corrected chi connectivity index (χ0v) is 10.7. The topological polar surface area (TPSA) is 18.5 Å². The average molecular weight is 318 g/mol. The molecule has 3 heteroatoms. The van der Waals surface area contributed by atoms with E-state index < -0.39 is 0 Å². The molecular formula is C12H15IO2. The molecule has 0 spiro atoms. The number of alkyl halides is 1. The molecule has 0 aliphatic carbocycles. The molecule has 1 fully saturated rings. The molecule has 0 unspecified atom stereocenters. The van der Waals surface area contributed by atoms with Gasteiger partial charge in [-0.25, -0.2) is 0 Å². The van der Waals surface area contributed by atoms with Crippen LogP contribution in [0.2, 0.25) is 0 Å². The Bertz CT molecular complexity index is 289. The maximum Gasteiger partial charge on any atom is 0.0926 e. The van der Waals surface area contributed by atoms with Crippen LogP contribution < -0.4 is 0 Å². The number of ether oxygens (including phenoxy) is 2. The van der Waals surface area contributed by atoms with E-state index in [4.69, 9.17) is 9.47 Å². The molecule has 0 radical (unpaired) electrons. The van der Waals surface area contributed by atoms with Crippen molar-refractivity contribution in [2.75, 3.05) is 11.0 Å². The smallest absolute Gasteiger partial charge is 0.0926 e. The fourth-order valence-corrected chi connectivity index (χ4v) is 2.56. The van der Waals surface area contributed by atoms with Crippen molar-refractivity contribution in [3.63, 3.8) is 0 Å². The molecule has 2 nitrogen and oxygen atoms in total. The molecule has 15 heavy (non-hydrogen) atoms. The van der Waals surface area contributed by atoms with Gasteiger partial charge in [-0.2, -0.15) is 0 Å². The second kappa shape index (κ2) is 5.82. The van der Waals surface area contributed by atoms with Crippen molar-refractivity contribution >= 4 is 22.6 Å². The second-order valence-corrected chi connectivity index (χ2v) is 4.57. The lowest BCUT2D eigenvalue weighted by atomic mass is 10.2. The number of rotatable bonds is 4. The summed E-state index contributed by atoms with van der Waals surface area (Å²) in [6.45, 7) is 1.54. The largest absolute Gasteiger partial charge is 0.375 e. The van der Waals surface area contributed by atoms with Gasteiger partial charge in [-0.15, -0.1) is 0 Å². The van der Waals surface area contributed by atoms with E-state index in [-0.39, 0.29) is 12.2 Å². The van der Waals surface area contributed by atoms with Crippen LogP contribution in [0.15, 0.2) is 30.3 Å². The van der Waals surface area contributed by atoms with Crippen molar-refractivity contribution in [2.24, 2.45) is 0 Å². The lowest BCUT2D eigenvalue weighted by molar-refractivity contribution is -0.00560. The Morgan fingerprint density at radius 3 is 2.87 bits per heavy atom. The summed E-state index contributed by atoms with van der Waals surface area (Å²) in [7, 11) is 0. The van der Waals surface area contributed by atoms with Crippen molar-refractivity contribution in [2.45, 2.75) is 25.2 Å². The third kappa shape index (κ3) is 3.16. The first-order chi connectivity index (χ1) is 7.40. The highest BCUT2D eigenvalue weighted by Crippen LogP contribution is 2.20. The zero-order valence-electron chi connectivity index (χ0n) is 8.56. The van der Waals surface area contributed by atoms with Gasteiger partial charge >= 0.3 is 0 Å². The van der Waals surface area contributed by atoms with Gasteiger partial charge in [0.1, 0.15) is 0 Å². The first-order valence-electron chi connectivity index (χ1n) is 5.23. The van der Waals surface area contributed by atoms with Gasteiger partial charge in [0.15, 0.2) is 0 Å². The van der Waals surface area contributed by atoms with Crippen LogP contribution in [-0.2, 0) is 16.1 Å². The highest BCUT2D eigenvalue weighted by Gasteiger charge is 2.27. The van der Waals surface area contributed by atoms with E-state index in [0.29, 0.717) is 6.61 Å². The molecule has 0 bridgehead atoms. The predicted octanol–water partition coefficient (Wildman–Crippen LogP) is 2.80. The minimum atomic E-state index is 0.280. The normalized spacial score (nSPS) is 25.7. The van der Waals surface area contributed by atoms with Crippen LogP contribution >= 0.6 is 22.6 Å². The van der Waals surface area contributed by atoms with Crippen molar-refractivity contribution in [1.82, 2.24) is 0 Å². The molecule has 1 aromatic rings. The monoisotopic (exact) mass is 318 g/mol. The molecule has 0 amide bonds. The first kappa shape index (κ1) is 11.4. The standard InChI is InChI=1S/C12H15IO2/c13-8-12-11(6-7-14-12)15-9-10-4-2-1-3-5-10/h1-5,11-12H,6-9H2/t11-,12-/m1/s1. The Kier molecular flexibility index (Phi) is 4.41. The lowest BCUT2D eigenvalue weighted by Gasteiger charge is -2.16. The van der Waals surface area contributed by atoms with Crippen molar-refractivity contribution < 1.29 is 9.47 Å². The van der Waals surface area contributed by atoms with E-state index in [1.54, 1.807) is 0 Å². The zero-order chi connectivity index (χ0) is 10.5. The molecule has 1 aromatic carbocycles. The van der Waals surface area contributed by atoms with Crippen LogP contribution in [0.5, 0.6) is 0 Å². The molecule has 82 valence electrons. The highest BCUT2D eigenvalue weighted by molar-refractivity contribution is 14.1. The van der Waals surface area contributed by atoms with E-state index >= 15 is 0 Å². The highest BCUT2D eigenvalue weighted by atomic mass is 127. The Morgan fingerprint density at radius 1 is 1.33 bits per heavy atom. The van der Waals surface area contributed by atoms with Crippen LogP contribution in [0.1, 0.15) is 12.0 Å². The Labute approximate surface area is 104 Å². The maximum absolute atomic E-state index is 5.86. The van der Waals surface area contributed by atoms with Crippen molar-refractivity contribution in [3.05, 3.63) is 35.9 Å². The summed E-state index contributed by atoms with van der Waals surface area (Å²) in [4.78, 5) is 0.